The van der Waals surface area contributed by atoms with Crippen LogP contribution in [-0.2, 0) is 6.61 Å². The second kappa shape index (κ2) is 10.4. The number of hydrogen-bond donors (Lipinski definition) is 3. The summed E-state index contributed by atoms with van der Waals surface area (Å²) < 4.78 is 32.4. The van der Waals surface area contributed by atoms with Gasteiger partial charge in [0.15, 0.2) is 0 Å². The maximum absolute atomic E-state index is 13.3. The normalized spacial score (nSPS) is 10.5. The summed E-state index contributed by atoms with van der Waals surface area (Å²) in [6.45, 7) is 0.258. The molecular formula is C26H19F2N3O4. The molecule has 4 rings (SSSR count). The average Bonchev–Trinajstić information content (AvgIpc) is 2.83. The highest BCUT2D eigenvalue weighted by molar-refractivity contribution is 6.08. The van der Waals surface area contributed by atoms with Crippen LogP contribution >= 0.6 is 0 Å². The van der Waals surface area contributed by atoms with Gasteiger partial charge in [-0.15, -0.1) is 0 Å². The average molecular weight is 475 g/mol. The molecule has 2 amide bonds. The lowest BCUT2D eigenvalue weighted by molar-refractivity contribution is 0.101. The second-order valence-corrected chi connectivity index (χ2v) is 7.44. The molecule has 0 unspecified atom stereocenters. The van der Waals surface area contributed by atoms with Gasteiger partial charge in [-0.2, -0.15) is 0 Å². The first-order valence-corrected chi connectivity index (χ1v) is 10.4. The van der Waals surface area contributed by atoms with E-state index in [1.54, 1.807) is 36.5 Å². The van der Waals surface area contributed by atoms with Crippen molar-refractivity contribution < 1.29 is 28.2 Å². The number of rotatable bonds is 7. The maximum Gasteiger partial charge on any atom is 0.259 e. The summed E-state index contributed by atoms with van der Waals surface area (Å²) in [5.41, 5.74) is 1.06. The summed E-state index contributed by atoms with van der Waals surface area (Å²) in [6.07, 6.45) is 1.67. The maximum atomic E-state index is 13.3. The molecule has 3 aromatic carbocycles. The Morgan fingerprint density at radius 2 is 1.57 bits per heavy atom. The van der Waals surface area contributed by atoms with Crippen molar-refractivity contribution in [3.05, 3.63) is 114 Å². The van der Waals surface area contributed by atoms with Crippen molar-refractivity contribution in [3.63, 3.8) is 0 Å². The molecule has 0 saturated heterocycles. The predicted molar refractivity (Wildman–Crippen MR) is 125 cm³/mol. The van der Waals surface area contributed by atoms with Gasteiger partial charge in [0.25, 0.3) is 11.8 Å². The van der Waals surface area contributed by atoms with Crippen LogP contribution in [0.15, 0.2) is 85.1 Å². The van der Waals surface area contributed by atoms with Gasteiger partial charge in [-0.25, -0.2) is 8.78 Å². The monoisotopic (exact) mass is 475 g/mol. The lowest BCUT2D eigenvalue weighted by Gasteiger charge is -2.11. The van der Waals surface area contributed by atoms with Gasteiger partial charge < -0.3 is 20.5 Å². The van der Waals surface area contributed by atoms with E-state index in [1.165, 1.54) is 12.1 Å². The van der Waals surface area contributed by atoms with Gasteiger partial charge in [-0.05, 0) is 48.5 Å². The summed E-state index contributed by atoms with van der Waals surface area (Å²) in [6, 6.07) is 18.5. The quantitative estimate of drug-likeness (QED) is 0.343. The first-order valence-electron chi connectivity index (χ1n) is 10.4. The number of aromatic hydroxyl groups is 1. The number of carbonyl (C=O) groups excluding carboxylic acids is 2. The molecule has 0 aliphatic carbocycles. The molecule has 4 aromatic rings. The number of nitrogens with one attached hydrogen (secondary N) is 2. The first-order chi connectivity index (χ1) is 16.9. The van der Waals surface area contributed by atoms with Gasteiger partial charge in [0.05, 0.1) is 11.3 Å². The molecule has 0 bridgehead atoms. The number of pyridine rings is 1. The third kappa shape index (κ3) is 6.17. The molecule has 1 aromatic heterocycles. The highest BCUT2D eigenvalue weighted by atomic mass is 19.1. The van der Waals surface area contributed by atoms with Crippen molar-refractivity contribution in [3.8, 4) is 11.5 Å². The molecule has 0 aliphatic heterocycles. The van der Waals surface area contributed by atoms with Crippen molar-refractivity contribution in [2.24, 2.45) is 0 Å². The molecule has 0 aliphatic rings. The smallest absolute Gasteiger partial charge is 0.259 e. The van der Waals surface area contributed by atoms with Crippen LogP contribution in [0.1, 0.15) is 26.4 Å². The van der Waals surface area contributed by atoms with Crippen LogP contribution in [0.5, 0.6) is 11.5 Å². The van der Waals surface area contributed by atoms with Crippen molar-refractivity contribution >= 4 is 23.2 Å². The summed E-state index contributed by atoms with van der Waals surface area (Å²) in [7, 11) is 0. The summed E-state index contributed by atoms with van der Waals surface area (Å²) in [5.74, 6) is -3.03. The van der Waals surface area contributed by atoms with E-state index in [4.69, 9.17) is 4.74 Å². The summed E-state index contributed by atoms with van der Waals surface area (Å²) >= 11 is 0. The molecule has 1 heterocycles. The first kappa shape index (κ1) is 23.4. The van der Waals surface area contributed by atoms with Crippen LogP contribution < -0.4 is 15.4 Å². The zero-order chi connectivity index (χ0) is 24.8. The molecule has 0 saturated carbocycles. The lowest BCUT2D eigenvalue weighted by atomic mass is 10.1. The minimum absolute atomic E-state index is 0.0420. The van der Waals surface area contributed by atoms with Crippen LogP contribution in [0.4, 0.5) is 20.2 Å². The van der Waals surface area contributed by atoms with Crippen LogP contribution in [0.2, 0.25) is 0 Å². The van der Waals surface area contributed by atoms with Gasteiger partial charge >= 0.3 is 0 Å². The standard InChI is InChI=1S/C26H19F2N3O4/c27-17-10-16(11-18(28)12-17)25(33)30-20-7-8-23(24(32)14-20)26(34)31-19-5-3-6-22(13-19)35-15-21-4-1-2-9-29-21/h1-14,32H,15H2,(H,30,33)(H,31,34). The highest BCUT2D eigenvalue weighted by Gasteiger charge is 2.15. The number of carbonyl (C=O) groups is 2. The number of phenolic OH excluding ortho intramolecular Hbond substituents is 1. The van der Waals surface area contributed by atoms with Crippen LogP contribution in [0.25, 0.3) is 0 Å². The molecule has 0 spiro atoms. The molecular weight excluding hydrogens is 456 g/mol. The number of ether oxygens (including phenoxy) is 1. The molecule has 0 atom stereocenters. The number of halogens is 2. The van der Waals surface area contributed by atoms with Gasteiger partial charge in [0.2, 0.25) is 0 Å². The minimum atomic E-state index is -0.892. The van der Waals surface area contributed by atoms with Crippen molar-refractivity contribution in [2.45, 2.75) is 6.61 Å². The third-order valence-electron chi connectivity index (χ3n) is 4.83. The SMILES string of the molecule is O=C(Nc1ccc(C(=O)Nc2cccc(OCc3ccccn3)c2)c(O)c1)c1cc(F)cc(F)c1. The Kier molecular flexibility index (Phi) is 6.96. The lowest BCUT2D eigenvalue weighted by Crippen LogP contribution is -2.14. The molecule has 0 fully saturated rings. The summed E-state index contributed by atoms with van der Waals surface area (Å²) in [4.78, 5) is 29.1. The second-order valence-electron chi connectivity index (χ2n) is 7.44. The fraction of sp³-hybridized carbons (Fsp3) is 0.0385. The topological polar surface area (TPSA) is 101 Å². The number of hydrogen-bond acceptors (Lipinski definition) is 5. The van der Waals surface area contributed by atoms with Crippen LogP contribution in [0.3, 0.4) is 0 Å². The van der Waals surface area contributed by atoms with Crippen LogP contribution in [-0.4, -0.2) is 21.9 Å². The van der Waals surface area contributed by atoms with E-state index in [9.17, 15) is 23.5 Å². The number of phenols is 1. The third-order valence-corrected chi connectivity index (χ3v) is 4.83. The number of aromatic nitrogens is 1. The van der Waals surface area contributed by atoms with E-state index in [2.05, 4.69) is 15.6 Å². The Morgan fingerprint density at radius 1 is 0.829 bits per heavy atom. The number of benzene rings is 3. The highest BCUT2D eigenvalue weighted by Crippen LogP contribution is 2.25. The van der Waals surface area contributed by atoms with Gasteiger partial charge in [0.1, 0.15) is 29.7 Å². The van der Waals surface area contributed by atoms with Gasteiger partial charge in [0, 0.05) is 41.3 Å². The van der Waals surface area contributed by atoms with Crippen molar-refractivity contribution in [1.29, 1.82) is 0 Å². The number of anilines is 2. The Labute approximate surface area is 199 Å². The largest absolute Gasteiger partial charge is 0.507 e. The van der Waals surface area contributed by atoms with Crippen molar-refractivity contribution in [1.82, 2.24) is 4.98 Å². The molecule has 0 radical (unpaired) electrons. The molecule has 3 N–H and O–H groups in total. The fourth-order valence-corrected chi connectivity index (χ4v) is 3.19. The molecule has 9 heteroatoms. The zero-order valence-corrected chi connectivity index (χ0v) is 18.2. The Morgan fingerprint density at radius 3 is 2.29 bits per heavy atom. The Balaban J connectivity index is 1.40. The van der Waals surface area contributed by atoms with E-state index < -0.39 is 29.2 Å². The summed E-state index contributed by atoms with van der Waals surface area (Å²) in [5, 5.41) is 15.4. The zero-order valence-electron chi connectivity index (χ0n) is 18.2. The van der Waals surface area contributed by atoms with Crippen LogP contribution in [0, 0.1) is 11.6 Å². The minimum Gasteiger partial charge on any atom is -0.507 e. The van der Waals surface area contributed by atoms with E-state index in [-0.39, 0.29) is 23.4 Å². The van der Waals surface area contributed by atoms with E-state index >= 15 is 0 Å². The number of nitrogens with zero attached hydrogens (tertiary/aromatic N) is 1. The molecule has 176 valence electrons. The Bertz CT molecular complexity index is 1360. The van der Waals surface area contributed by atoms with Gasteiger partial charge in [-0.3, -0.25) is 14.6 Å². The molecule has 35 heavy (non-hydrogen) atoms. The van der Waals surface area contributed by atoms with E-state index in [1.807, 2.05) is 12.1 Å². The van der Waals surface area contributed by atoms with E-state index in [0.717, 1.165) is 23.9 Å². The molecule has 7 nitrogen and oxygen atoms in total. The van der Waals surface area contributed by atoms with Gasteiger partial charge in [-0.1, -0.05) is 12.1 Å². The number of amides is 2. The fourth-order valence-electron chi connectivity index (χ4n) is 3.19. The van der Waals surface area contributed by atoms with E-state index in [0.29, 0.717) is 17.5 Å². The van der Waals surface area contributed by atoms with Crippen molar-refractivity contribution in [2.75, 3.05) is 10.6 Å². The predicted octanol–water partition coefficient (Wildman–Crippen LogP) is 5.15. The Hall–Kier alpha value is -4.79.